The highest BCUT2D eigenvalue weighted by Crippen LogP contribution is 2.36. The van der Waals surface area contributed by atoms with Gasteiger partial charge in [-0.25, -0.2) is 13.4 Å². The summed E-state index contributed by atoms with van der Waals surface area (Å²) in [6.07, 6.45) is 0. The van der Waals surface area contributed by atoms with Crippen molar-refractivity contribution < 1.29 is 8.42 Å². The van der Waals surface area contributed by atoms with Gasteiger partial charge < -0.3 is 10.7 Å². The Hall–Kier alpha value is -2.36. The highest BCUT2D eigenvalue weighted by molar-refractivity contribution is 7.94. The molecule has 3 heterocycles. The number of sulfonamides is 1. The topological polar surface area (TPSA) is 92.1 Å². The molecule has 6 nitrogen and oxygen atoms in total. The molecule has 1 aromatic carbocycles. The van der Waals surface area contributed by atoms with Crippen LogP contribution in [-0.2, 0) is 10.0 Å². The third-order valence-electron chi connectivity index (χ3n) is 4.19. The molecule has 4 rings (SSSR count). The Morgan fingerprint density at radius 1 is 1.23 bits per heavy atom. The number of nitrogen functional groups attached to an aromatic ring is 1. The second-order valence-corrected chi connectivity index (χ2v) is 9.86. The minimum Gasteiger partial charge on any atom is -0.383 e. The molecule has 26 heavy (non-hydrogen) atoms. The molecular formula is C17H16N4O2S3. The number of hydrogen-bond acceptors (Lipinski definition) is 6. The van der Waals surface area contributed by atoms with Crippen LogP contribution in [0.1, 0.15) is 5.56 Å². The van der Waals surface area contributed by atoms with E-state index in [9.17, 15) is 8.42 Å². The SMILES string of the molecule is Cc1ccc(N(C)S(=O)(=O)c2cccs2)c2[nH]c(-c3nc(N)cs3)cc12. The number of nitrogens with one attached hydrogen (secondary N) is 1. The van der Waals surface area contributed by atoms with Crippen molar-refractivity contribution in [2.24, 2.45) is 0 Å². The molecule has 3 N–H and O–H groups in total. The van der Waals surface area contributed by atoms with E-state index in [1.165, 1.54) is 27.0 Å². The number of H-pyrrole nitrogens is 1. The lowest BCUT2D eigenvalue weighted by molar-refractivity contribution is 0.596. The summed E-state index contributed by atoms with van der Waals surface area (Å²) in [5, 5.41) is 5.26. The minimum absolute atomic E-state index is 0.313. The van der Waals surface area contributed by atoms with E-state index in [0.29, 0.717) is 15.7 Å². The zero-order valence-corrected chi connectivity index (χ0v) is 16.5. The lowest BCUT2D eigenvalue weighted by Crippen LogP contribution is -2.26. The first-order valence-electron chi connectivity index (χ1n) is 7.74. The van der Waals surface area contributed by atoms with Gasteiger partial charge in [-0.1, -0.05) is 12.1 Å². The van der Waals surface area contributed by atoms with E-state index in [1.807, 2.05) is 25.1 Å². The Morgan fingerprint density at radius 3 is 2.69 bits per heavy atom. The smallest absolute Gasteiger partial charge is 0.273 e. The molecule has 0 amide bonds. The second kappa shape index (κ2) is 6.11. The Labute approximate surface area is 159 Å². The Morgan fingerprint density at radius 2 is 2.04 bits per heavy atom. The van der Waals surface area contributed by atoms with Gasteiger partial charge in [0.25, 0.3) is 10.0 Å². The Bertz CT molecular complexity index is 1190. The van der Waals surface area contributed by atoms with E-state index in [0.717, 1.165) is 27.2 Å². The van der Waals surface area contributed by atoms with Crippen LogP contribution in [0.4, 0.5) is 11.5 Å². The lowest BCUT2D eigenvalue weighted by Gasteiger charge is -2.19. The van der Waals surface area contributed by atoms with Gasteiger partial charge in [-0.3, -0.25) is 4.31 Å². The van der Waals surface area contributed by atoms with E-state index < -0.39 is 10.0 Å². The van der Waals surface area contributed by atoms with Gasteiger partial charge in [-0.2, -0.15) is 0 Å². The maximum Gasteiger partial charge on any atom is 0.273 e. The normalized spacial score (nSPS) is 11.9. The average molecular weight is 405 g/mol. The molecule has 134 valence electrons. The van der Waals surface area contributed by atoms with Crippen molar-refractivity contribution in [3.8, 4) is 10.7 Å². The molecule has 9 heteroatoms. The van der Waals surface area contributed by atoms with Crippen molar-refractivity contribution in [2.75, 3.05) is 17.1 Å². The molecule has 0 aliphatic carbocycles. The number of anilines is 2. The fourth-order valence-corrected chi connectivity index (χ4v) is 5.86. The number of aromatic amines is 1. The van der Waals surface area contributed by atoms with E-state index >= 15 is 0 Å². The first-order chi connectivity index (χ1) is 12.4. The van der Waals surface area contributed by atoms with Crippen molar-refractivity contribution in [1.29, 1.82) is 0 Å². The zero-order valence-electron chi connectivity index (χ0n) is 14.1. The van der Waals surface area contributed by atoms with Crippen LogP contribution in [0.2, 0.25) is 0 Å². The quantitative estimate of drug-likeness (QED) is 0.536. The van der Waals surface area contributed by atoms with Gasteiger partial charge in [0.15, 0.2) is 0 Å². The van der Waals surface area contributed by atoms with Gasteiger partial charge in [0.2, 0.25) is 0 Å². The molecule has 0 atom stereocenters. The molecule has 0 radical (unpaired) electrons. The van der Waals surface area contributed by atoms with E-state index in [4.69, 9.17) is 5.73 Å². The Balaban J connectivity index is 1.88. The van der Waals surface area contributed by atoms with Crippen LogP contribution in [0.25, 0.3) is 21.6 Å². The Kier molecular flexibility index (Phi) is 4.02. The maximum atomic E-state index is 12.9. The number of nitrogens with two attached hydrogens (primary N) is 1. The molecule has 0 unspecified atom stereocenters. The number of aromatic nitrogens is 2. The lowest BCUT2D eigenvalue weighted by atomic mass is 10.1. The molecule has 0 aliphatic heterocycles. The number of thiazole rings is 1. The van der Waals surface area contributed by atoms with Crippen molar-refractivity contribution in [2.45, 2.75) is 11.1 Å². The predicted molar refractivity (Wildman–Crippen MR) is 108 cm³/mol. The summed E-state index contributed by atoms with van der Waals surface area (Å²) in [5.74, 6) is 0.470. The third kappa shape index (κ3) is 2.68. The number of thiophene rings is 1. The summed E-state index contributed by atoms with van der Waals surface area (Å²) in [6, 6.07) is 9.07. The minimum atomic E-state index is -3.61. The molecule has 0 fully saturated rings. The number of rotatable bonds is 4. The molecule has 0 saturated carbocycles. The fourth-order valence-electron chi connectivity index (χ4n) is 2.81. The summed E-state index contributed by atoms with van der Waals surface area (Å²) in [6.45, 7) is 1.99. The van der Waals surface area contributed by atoms with Crippen molar-refractivity contribution >= 4 is 55.1 Å². The van der Waals surface area contributed by atoms with Crippen molar-refractivity contribution in [1.82, 2.24) is 9.97 Å². The van der Waals surface area contributed by atoms with Gasteiger partial charge in [0.1, 0.15) is 15.0 Å². The van der Waals surface area contributed by atoms with Crippen molar-refractivity contribution in [3.63, 3.8) is 0 Å². The summed E-state index contributed by atoms with van der Waals surface area (Å²) in [4.78, 5) is 7.63. The van der Waals surface area contributed by atoms with Gasteiger partial charge in [0, 0.05) is 17.8 Å². The van der Waals surface area contributed by atoms with Crippen LogP contribution < -0.4 is 10.0 Å². The summed E-state index contributed by atoms with van der Waals surface area (Å²) >= 11 is 2.65. The highest BCUT2D eigenvalue weighted by atomic mass is 32.2. The van der Waals surface area contributed by atoms with Crippen LogP contribution >= 0.6 is 22.7 Å². The number of aryl methyl sites for hydroxylation is 1. The van der Waals surface area contributed by atoms with Gasteiger partial charge in [-0.05, 0) is 36.1 Å². The summed E-state index contributed by atoms with van der Waals surface area (Å²) in [7, 11) is -2.03. The van der Waals surface area contributed by atoms with E-state index in [-0.39, 0.29) is 0 Å². The van der Waals surface area contributed by atoms with Gasteiger partial charge in [0.05, 0.1) is 16.9 Å². The second-order valence-electron chi connectivity index (χ2n) is 5.86. The van der Waals surface area contributed by atoms with Crippen LogP contribution in [0, 0.1) is 6.92 Å². The predicted octanol–water partition coefficient (Wildman–Crippen LogP) is 4.07. The molecular weight excluding hydrogens is 388 g/mol. The van der Waals surface area contributed by atoms with E-state index in [2.05, 4.69) is 9.97 Å². The van der Waals surface area contributed by atoms with Crippen LogP contribution in [0.5, 0.6) is 0 Å². The largest absolute Gasteiger partial charge is 0.383 e. The first kappa shape index (κ1) is 17.1. The van der Waals surface area contributed by atoms with Crippen LogP contribution in [-0.4, -0.2) is 25.4 Å². The zero-order chi connectivity index (χ0) is 18.5. The van der Waals surface area contributed by atoms with Gasteiger partial charge in [-0.15, -0.1) is 22.7 Å². The highest BCUT2D eigenvalue weighted by Gasteiger charge is 2.25. The monoisotopic (exact) mass is 404 g/mol. The van der Waals surface area contributed by atoms with Crippen LogP contribution in [0.3, 0.4) is 0 Å². The molecule has 0 bridgehead atoms. The molecule has 4 aromatic rings. The molecule has 0 aliphatic rings. The standard InChI is InChI=1S/C17H16N4O2S3/c1-10-5-6-13(21(2)26(22,23)15-4-3-7-24-15)16-11(10)8-12(19-16)17-20-14(18)9-25-17/h3-9,19H,18H2,1-2H3. The average Bonchev–Trinajstić information content (AvgIpc) is 3.34. The number of fused-ring (bicyclic) bond motifs is 1. The van der Waals surface area contributed by atoms with Gasteiger partial charge >= 0.3 is 0 Å². The maximum absolute atomic E-state index is 12.9. The number of hydrogen-bond donors (Lipinski definition) is 2. The molecule has 3 aromatic heterocycles. The molecule has 0 saturated heterocycles. The number of nitrogens with zero attached hydrogens (tertiary/aromatic N) is 2. The van der Waals surface area contributed by atoms with Crippen molar-refractivity contribution in [3.05, 3.63) is 46.7 Å². The summed E-state index contributed by atoms with van der Waals surface area (Å²) in [5.41, 5.74) is 8.95. The fraction of sp³-hybridized carbons (Fsp3) is 0.118. The third-order valence-corrected chi connectivity index (χ3v) is 8.23. The summed E-state index contributed by atoms with van der Waals surface area (Å²) < 4.78 is 27.4. The number of benzene rings is 1. The van der Waals surface area contributed by atoms with E-state index in [1.54, 1.807) is 29.9 Å². The first-order valence-corrected chi connectivity index (χ1v) is 10.9. The molecule has 0 spiro atoms. The van der Waals surface area contributed by atoms with Crippen LogP contribution in [0.15, 0.2) is 45.3 Å².